The van der Waals surface area contributed by atoms with Crippen LogP contribution in [0.15, 0.2) is 24.3 Å². The number of rotatable bonds is 1. The molecule has 1 aliphatic carbocycles. The number of benzene rings is 1. The summed E-state index contributed by atoms with van der Waals surface area (Å²) >= 11 is 0. The molecule has 1 aromatic carbocycles. The van der Waals surface area contributed by atoms with Crippen LogP contribution in [0.1, 0.15) is 52.0 Å². The van der Waals surface area contributed by atoms with Crippen molar-refractivity contribution >= 4 is 0 Å². The van der Waals surface area contributed by atoms with Crippen molar-refractivity contribution in [2.24, 2.45) is 11.3 Å². The number of aliphatic hydroxyl groups is 1. The van der Waals surface area contributed by atoms with Crippen molar-refractivity contribution < 1.29 is 9.50 Å². The Balaban J connectivity index is 2.10. The fourth-order valence-electron chi connectivity index (χ4n) is 3.01. The Bertz CT molecular complexity index is 394. The predicted molar refractivity (Wildman–Crippen MR) is 71.7 cm³/mol. The Morgan fingerprint density at radius 2 is 1.61 bits per heavy atom. The zero-order valence-corrected chi connectivity index (χ0v) is 11.5. The smallest absolute Gasteiger partial charge is 0.123 e. The van der Waals surface area contributed by atoms with Gasteiger partial charge in [-0.25, -0.2) is 4.39 Å². The van der Waals surface area contributed by atoms with Crippen LogP contribution in [0.5, 0.6) is 0 Å². The van der Waals surface area contributed by atoms with E-state index < -0.39 is 5.60 Å². The maximum atomic E-state index is 12.9. The van der Waals surface area contributed by atoms with Crippen LogP contribution in [0.2, 0.25) is 0 Å². The zero-order chi connectivity index (χ0) is 13.4. The topological polar surface area (TPSA) is 20.2 Å². The number of hydrogen-bond acceptors (Lipinski definition) is 1. The van der Waals surface area contributed by atoms with E-state index in [0.29, 0.717) is 11.3 Å². The van der Waals surface area contributed by atoms with Gasteiger partial charge in [0.1, 0.15) is 5.82 Å². The summed E-state index contributed by atoms with van der Waals surface area (Å²) in [6.45, 7) is 6.79. The molecule has 1 nitrogen and oxygen atoms in total. The summed E-state index contributed by atoms with van der Waals surface area (Å²) in [5.74, 6) is 0.420. The first kappa shape index (κ1) is 13.5. The lowest BCUT2D eigenvalue weighted by Crippen LogP contribution is -2.35. The Morgan fingerprint density at radius 3 is 2.06 bits per heavy atom. The van der Waals surface area contributed by atoms with E-state index in [1.807, 2.05) is 0 Å². The van der Waals surface area contributed by atoms with Gasteiger partial charge in [0, 0.05) is 0 Å². The van der Waals surface area contributed by atoms with Gasteiger partial charge in [-0.2, -0.15) is 0 Å². The molecule has 100 valence electrons. The normalized spacial score (nSPS) is 29.3. The summed E-state index contributed by atoms with van der Waals surface area (Å²) in [6, 6.07) is 6.30. The lowest BCUT2D eigenvalue weighted by molar-refractivity contribution is -0.0298. The average molecular weight is 250 g/mol. The van der Waals surface area contributed by atoms with Gasteiger partial charge in [0.2, 0.25) is 0 Å². The molecule has 0 unspecified atom stereocenters. The highest BCUT2D eigenvalue weighted by atomic mass is 19.1. The highest BCUT2D eigenvalue weighted by Crippen LogP contribution is 2.45. The van der Waals surface area contributed by atoms with E-state index in [1.165, 1.54) is 12.1 Å². The molecule has 1 saturated carbocycles. The molecule has 0 amide bonds. The molecule has 0 spiro atoms. The molecule has 0 aliphatic heterocycles. The molecule has 0 heterocycles. The maximum Gasteiger partial charge on any atom is 0.123 e. The first-order valence-electron chi connectivity index (χ1n) is 6.80. The second-order valence-electron chi connectivity index (χ2n) is 6.68. The molecule has 0 atom stereocenters. The minimum absolute atomic E-state index is 0.245. The van der Waals surface area contributed by atoms with Gasteiger partial charge in [-0.1, -0.05) is 32.9 Å². The largest absolute Gasteiger partial charge is 0.385 e. The molecule has 18 heavy (non-hydrogen) atoms. The van der Waals surface area contributed by atoms with Gasteiger partial charge < -0.3 is 5.11 Å². The summed E-state index contributed by atoms with van der Waals surface area (Å²) in [5, 5.41) is 10.7. The van der Waals surface area contributed by atoms with Crippen molar-refractivity contribution in [1.82, 2.24) is 0 Å². The van der Waals surface area contributed by atoms with Crippen molar-refractivity contribution in [2.45, 2.75) is 52.1 Å². The number of hydrogen-bond donors (Lipinski definition) is 1. The highest BCUT2D eigenvalue weighted by molar-refractivity contribution is 5.23. The molecule has 1 aromatic rings. The standard InChI is InChI=1S/C16H23FO/c1-15(2,3)12-8-10-16(18,11-9-12)13-4-6-14(17)7-5-13/h4-7,12,18H,8-11H2,1-3H3/t12-,16+. The molecule has 2 rings (SSSR count). The van der Waals surface area contributed by atoms with E-state index >= 15 is 0 Å². The van der Waals surface area contributed by atoms with Gasteiger partial charge in [0.25, 0.3) is 0 Å². The fourth-order valence-corrected chi connectivity index (χ4v) is 3.01. The van der Waals surface area contributed by atoms with Gasteiger partial charge >= 0.3 is 0 Å². The highest BCUT2D eigenvalue weighted by Gasteiger charge is 2.38. The van der Waals surface area contributed by atoms with E-state index in [4.69, 9.17) is 0 Å². The van der Waals surface area contributed by atoms with E-state index in [0.717, 1.165) is 31.2 Å². The molecular formula is C16H23FO. The van der Waals surface area contributed by atoms with Gasteiger partial charge in [0.05, 0.1) is 5.60 Å². The van der Waals surface area contributed by atoms with Crippen molar-refractivity contribution in [3.8, 4) is 0 Å². The third-order valence-electron chi connectivity index (χ3n) is 4.42. The molecular weight excluding hydrogens is 227 g/mol. The number of halogens is 1. The second kappa shape index (κ2) is 4.65. The third-order valence-corrected chi connectivity index (χ3v) is 4.42. The van der Waals surface area contributed by atoms with E-state index in [2.05, 4.69) is 20.8 Å². The Hall–Kier alpha value is -0.890. The van der Waals surface area contributed by atoms with Crippen LogP contribution < -0.4 is 0 Å². The van der Waals surface area contributed by atoms with Gasteiger partial charge in [-0.05, 0) is 54.7 Å². The monoisotopic (exact) mass is 250 g/mol. The van der Waals surface area contributed by atoms with Crippen LogP contribution >= 0.6 is 0 Å². The third kappa shape index (κ3) is 2.74. The molecule has 0 bridgehead atoms. The molecule has 1 N–H and O–H groups in total. The Labute approximate surface area is 109 Å². The molecule has 1 aliphatic rings. The van der Waals surface area contributed by atoms with Crippen molar-refractivity contribution in [3.05, 3.63) is 35.6 Å². The molecule has 0 aromatic heterocycles. The van der Waals surface area contributed by atoms with E-state index in [1.54, 1.807) is 12.1 Å². The molecule has 0 radical (unpaired) electrons. The van der Waals surface area contributed by atoms with Gasteiger partial charge in [0.15, 0.2) is 0 Å². The SMILES string of the molecule is CC(C)(C)[C@H]1CC[C@](O)(c2ccc(F)cc2)CC1. The minimum atomic E-state index is -0.755. The van der Waals surface area contributed by atoms with Crippen LogP contribution in [0.3, 0.4) is 0 Å². The first-order valence-corrected chi connectivity index (χ1v) is 6.80. The van der Waals surface area contributed by atoms with Crippen LogP contribution in [-0.2, 0) is 5.60 Å². The van der Waals surface area contributed by atoms with Crippen LogP contribution in [-0.4, -0.2) is 5.11 Å². The quantitative estimate of drug-likeness (QED) is 0.790. The van der Waals surface area contributed by atoms with Crippen molar-refractivity contribution in [1.29, 1.82) is 0 Å². The summed E-state index contributed by atoms with van der Waals surface area (Å²) < 4.78 is 12.9. The van der Waals surface area contributed by atoms with E-state index in [-0.39, 0.29) is 5.82 Å². The molecule has 1 fully saturated rings. The summed E-state index contributed by atoms with van der Waals surface area (Å²) in [7, 11) is 0. The lowest BCUT2D eigenvalue weighted by Gasteiger charge is -2.41. The van der Waals surface area contributed by atoms with E-state index in [9.17, 15) is 9.50 Å². The molecule has 2 heteroatoms. The fraction of sp³-hybridized carbons (Fsp3) is 0.625. The Kier molecular flexibility index (Phi) is 3.50. The van der Waals surface area contributed by atoms with Crippen LogP contribution in [0.4, 0.5) is 4.39 Å². The van der Waals surface area contributed by atoms with Gasteiger partial charge in [-0.3, -0.25) is 0 Å². The molecule has 0 saturated heterocycles. The predicted octanol–water partition coefficient (Wildman–Crippen LogP) is 4.25. The van der Waals surface area contributed by atoms with Crippen LogP contribution in [0, 0.1) is 17.2 Å². The van der Waals surface area contributed by atoms with Crippen molar-refractivity contribution in [3.63, 3.8) is 0 Å². The van der Waals surface area contributed by atoms with Crippen molar-refractivity contribution in [2.75, 3.05) is 0 Å². The van der Waals surface area contributed by atoms with Crippen LogP contribution in [0.25, 0.3) is 0 Å². The summed E-state index contributed by atoms with van der Waals surface area (Å²) in [4.78, 5) is 0. The summed E-state index contributed by atoms with van der Waals surface area (Å²) in [6.07, 6.45) is 3.63. The lowest BCUT2D eigenvalue weighted by atomic mass is 9.67. The zero-order valence-electron chi connectivity index (χ0n) is 11.5. The average Bonchev–Trinajstić information content (AvgIpc) is 2.29. The first-order chi connectivity index (χ1) is 8.31. The maximum absolute atomic E-state index is 12.9. The minimum Gasteiger partial charge on any atom is -0.385 e. The second-order valence-corrected chi connectivity index (χ2v) is 6.68. The van der Waals surface area contributed by atoms with Gasteiger partial charge in [-0.15, -0.1) is 0 Å². The summed E-state index contributed by atoms with van der Waals surface area (Å²) in [5.41, 5.74) is 0.413. The Morgan fingerprint density at radius 1 is 1.11 bits per heavy atom.